The fourth-order valence-corrected chi connectivity index (χ4v) is 3.91. The van der Waals surface area contributed by atoms with Gasteiger partial charge in [-0.05, 0) is 69.3 Å². The van der Waals surface area contributed by atoms with Crippen LogP contribution in [0.5, 0.6) is 11.5 Å². The number of nitrogens with zero attached hydrogens (tertiary/aromatic N) is 2. The molecule has 30 heavy (non-hydrogen) atoms. The van der Waals surface area contributed by atoms with Gasteiger partial charge >= 0.3 is 0 Å². The molecule has 0 amide bonds. The molecule has 3 aromatic rings. The molecule has 1 aromatic heterocycles. The van der Waals surface area contributed by atoms with Crippen LogP contribution in [0.25, 0.3) is 10.9 Å². The summed E-state index contributed by atoms with van der Waals surface area (Å²) in [5.41, 5.74) is 3.31. The first-order chi connectivity index (χ1) is 14.7. The van der Waals surface area contributed by atoms with Crippen molar-refractivity contribution >= 4 is 22.5 Å². The molecule has 2 aromatic carbocycles. The first-order valence-electron chi connectivity index (χ1n) is 10.5. The lowest BCUT2D eigenvalue weighted by Crippen LogP contribution is -2.34. The van der Waals surface area contributed by atoms with Crippen molar-refractivity contribution in [2.24, 2.45) is 4.99 Å². The molecular formula is C24H26N4O2. The van der Waals surface area contributed by atoms with Crippen molar-refractivity contribution in [2.45, 2.75) is 25.9 Å². The van der Waals surface area contributed by atoms with Crippen molar-refractivity contribution in [1.29, 1.82) is 0 Å². The Balaban J connectivity index is 1.23. The molecule has 0 spiro atoms. The third kappa shape index (κ3) is 4.19. The van der Waals surface area contributed by atoms with Gasteiger partial charge in [0, 0.05) is 40.6 Å². The molecule has 2 aliphatic rings. The molecule has 0 unspecified atom stereocenters. The van der Waals surface area contributed by atoms with Crippen LogP contribution in [0.4, 0.5) is 5.69 Å². The quantitative estimate of drug-likeness (QED) is 0.680. The third-order valence-corrected chi connectivity index (χ3v) is 5.46. The van der Waals surface area contributed by atoms with Crippen molar-refractivity contribution in [3.63, 3.8) is 0 Å². The molecule has 0 atom stereocenters. The van der Waals surface area contributed by atoms with Crippen LogP contribution >= 0.6 is 0 Å². The monoisotopic (exact) mass is 402 g/mol. The molecular weight excluding hydrogens is 376 g/mol. The maximum atomic E-state index is 6.17. The zero-order valence-corrected chi connectivity index (χ0v) is 17.1. The summed E-state index contributed by atoms with van der Waals surface area (Å²) in [6.07, 6.45) is 6.29. The van der Waals surface area contributed by atoms with Crippen LogP contribution in [0.15, 0.2) is 65.8 Å². The topological polar surface area (TPSA) is 61.9 Å². The van der Waals surface area contributed by atoms with Crippen molar-refractivity contribution in [1.82, 2.24) is 10.3 Å². The lowest BCUT2D eigenvalue weighted by Gasteiger charge is -2.25. The molecule has 154 valence electrons. The van der Waals surface area contributed by atoms with Gasteiger partial charge in [-0.25, -0.2) is 4.99 Å². The number of aromatic amines is 1. The van der Waals surface area contributed by atoms with Crippen molar-refractivity contribution in [2.75, 3.05) is 24.7 Å². The summed E-state index contributed by atoms with van der Waals surface area (Å²) >= 11 is 0. The summed E-state index contributed by atoms with van der Waals surface area (Å²) in [6, 6.07) is 16.3. The molecule has 2 aliphatic heterocycles. The number of benzene rings is 2. The van der Waals surface area contributed by atoms with Crippen molar-refractivity contribution in [3.05, 3.63) is 66.5 Å². The largest absolute Gasteiger partial charge is 0.490 e. The minimum Gasteiger partial charge on any atom is -0.490 e. The number of aryl methyl sites for hydroxylation is 1. The molecule has 0 radical (unpaired) electrons. The Hall–Kier alpha value is -3.25. The summed E-state index contributed by atoms with van der Waals surface area (Å²) in [6.45, 7) is 4.60. The molecule has 2 N–H and O–H groups in total. The van der Waals surface area contributed by atoms with Gasteiger partial charge in [-0.3, -0.25) is 0 Å². The fraction of sp³-hybridized carbons (Fsp3) is 0.292. The molecule has 6 heteroatoms. The van der Waals surface area contributed by atoms with E-state index in [1.807, 2.05) is 42.6 Å². The number of anilines is 1. The van der Waals surface area contributed by atoms with Crippen LogP contribution in [-0.2, 0) is 0 Å². The highest BCUT2D eigenvalue weighted by Crippen LogP contribution is 2.26. The van der Waals surface area contributed by atoms with E-state index in [9.17, 15) is 0 Å². The second kappa shape index (κ2) is 8.24. The number of hydrogen-bond acceptors (Lipinski definition) is 5. The van der Waals surface area contributed by atoms with Crippen LogP contribution in [0.2, 0.25) is 0 Å². The zero-order chi connectivity index (χ0) is 20.3. The molecule has 0 aliphatic carbocycles. The molecule has 3 heterocycles. The second-order valence-electron chi connectivity index (χ2n) is 7.79. The maximum absolute atomic E-state index is 6.17. The smallest absolute Gasteiger partial charge is 0.217 e. The predicted octanol–water partition coefficient (Wildman–Crippen LogP) is 4.38. The Morgan fingerprint density at radius 2 is 1.93 bits per heavy atom. The number of aromatic nitrogens is 1. The van der Waals surface area contributed by atoms with Gasteiger partial charge in [0.2, 0.25) is 5.90 Å². The highest BCUT2D eigenvalue weighted by molar-refractivity contribution is 5.92. The Kier molecular flexibility index (Phi) is 5.15. The van der Waals surface area contributed by atoms with E-state index in [1.165, 1.54) is 0 Å². The van der Waals surface area contributed by atoms with E-state index in [4.69, 9.17) is 9.47 Å². The number of piperidine rings is 1. The van der Waals surface area contributed by atoms with Gasteiger partial charge in [0.05, 0.1) is 0 Å². The van der Waals surface area contributed by atoms with Gasteiger partial charge in [0.1, 0.15) is 24.3 Å². The Morgan fingerprint density at radius 3 is 2.77 bits per heavy atom. The average Bonchev–Trinajstić information content (AvgIpc) is 3.14. The van der Waals surface area contributed by atoms with E-state index in [0.29, 0.717) is 12.6 Å². The minimum atomic E-state index is 0.289. The van der Waals surface area contributed by atoms with Gasteiger partial charge in [-0.15, -0.1) is 0 Å². The van der Waals surface area contributed by atoms with E-state index in [0.717, 1.165) is 59.7 Å². The van der Waals surface area contributed by atoms with Crippen LogP contribution in [0.1, 0.15) is 18.5 Å². The van der Waals surface area contributed by atoms with Crippen LogP contribution in [0.3, 0.4) is 0 Å². The van der Waals surface area contributed by atoms with E-state index in [1.54, 1.807) is 0 Å². The van der Waals surface area contributed by atoms with Gasteiger partial charge in [-0.2, -0.15) is 0 Å². The van der Waals surface area contributed by atoms with E-state index in [-0.39, 0.29) is 6.10 Å². The molecule has 5 rings (SSSR count). The SMILES string of the molecule is Cc1cc2cc(OC3=NCN(c4cccc(OC5CCNCC5)c4)C=C3)ccc2[nH]1. The minimum absolute atomic E-state index is 0.289. The van der Waals surface area contributed by atoms with Gasteiger partial charge in [-0.1, -0.05) is 6.07 Å². The van der Waals surface area contributed by atoms with Crippen LogP contribution in [0, 0.1) is 6.92 Å². The third-order valence-electron chi connectivity index (χ3n) is 5.46. The van der Waals surface area contributed by atoms with Crippen molar-refractivity contribution in [3.8, 4) is 11.5 Å². The number of hydrogen-bond donors (Lipinski definition) is 2. The molecule has 6 nitrogen and oxygen atoms in total. The molecule has 0 saturated carbocycles. The zero-order valence-electron chi connectivity index (χ0n) is 17.1. The number of H-pyrrole nitrogens is 1. The summed E-state index contributed by atoms with van der Waals surface area (Å²) in [4.78, 5) is 10.00. The fourth-order valence-electron chi connectivity index (χ4n) is 3.91. The normalized spacial score (nSPS) is 17.2. The van der Waals surface area contributed by atoms with E-state index >= 15 is 0 Å². The number of ether oxygens (including phenoxy) is 2. The number of nitrogens with one attached hydrogen (secondary N) is 2. The average molecular weight is 402 g/mol. The summed E-state index contributed by atoms with van der Waals surface area (Å²) < 4.78 is 12.1. The van der Waals surface area contributed by atoms with Gasteiger partial charge in [0.15, 0.2) is 0 Å². The molecule has 1 fully saturated rings. The van der Waals surface area contributed by atoms with Gasteiger partial charge < -0.3 is 24.7 Å². The first-order valence-corrected chi connectivity index (χ1v) is 10.5. The molecule has 1 saturated heterocycles. The van der Waals surface area contributed by atoms with Crippen LogP contribution in [-0.4, -0.2) is 36.7 Å². The summed E-state index contributed by atoms with van der Waals surface area (Å²) in [7, 11) is 0. The van der Waals surface area contributed by atoms with E-state index in [2.05, 4.69) is 45.3 Å². The van der Waals surface area contributed by atoms with E-state index < -0.39 is 0 Å². The maximum Gasteiger partial charge on any atom is 0.217 e. The number of aliphatic imine (C=N–C) groups is 1. The second-order valence-corrected chi connectivity index (χ2v) is 7.79. The highest BCUT2D eigenvalue weighted by atomic mass is 16.5. The van der Waals surface area contributed by atoms with Gasteiger partial charge in [0.25, 0.3) is 0 Å². The number of rotatable bonds is 4. The van der Waals surface area contributed by atoms with Crippen LogP contribution < -0.4 is 19.7 Å². The highest BCUT2D eigenvalue weighted by Gasteiger charge is 2.16. The Labute approximate surface area is 176 Å². The molecule has 0 bridgehead atoms. The standard InChI is InChI=1S/C24H26N4O2/c1-17-13-18-14-22(5-6-23(18)27-17)30-24-9-12-28(16-26-24)19-3-2-4-21(15-19)29-20-7-10-25-11-8-20/h2-6,9,12-15,20,25,27H,7-8,10-11,16H2,1H3. The lowest BCUT2D eigenvalue weighted by atomic mass is 10.1. The first kappa shape index (κ1) is 18.8. The van der Waals surface area contributed by atoms with Crippen molar-refractivity contribution < 1.29 is 9.47 Å². The summed E-state index contributed by atoms with van der Waals surface area (Å²) in [5, 5.41) is 4.51. The Bertz CT molecular complexity index is 1100. The lowest BCUT2D eigenvalue weighted by molar-refractivity contribution is 0.162. The summed E-state index contributed by atoms with van der Waals surface area (Å²) in [5.74, 6) is 2.31. The Morgan fingerprint density at radius 1 is 1.03 bits per heavy atom. The predicted molar refractivity (Wildman–Crippen MR) is 121 cm³/mol. The number of fused-ring (bicyclic) bond motifs is 1.